The number of aromatic nitrogens is 3. The minimum atomic E-state index is 0.691. The summed E-state index contributed by atoms with van der Waals surface area (Å²) in [5.74, 6) is 1.60. The highest BCUT2D eigenvalue weighted by molar-refractivity contribution is 7.98. The molecule has 4 nitrogen and oxygen atoms in total. The number of oxazole rings is 1. The molecule has 2 aromatic heterocycles. The molecule has 1 aromatic carbocycles. The quantitative estimate of drug-likeness (QED) is 0.679. The maximum Gasteiger partial charge on any atom is 0.256 e. The van der Waals surface area contributed by atoms with Gasteiger partial charge in [-0.3, -0.25) is 0 Å². The summed E-state index contributed by atoms with van der Waals surface area (Å²) in [6, 6.07) is 10.1. The fraction of sp³-hybridized carbons (Fsp3) is 0.214. The van der Waals surface area contributed by atoms with Crippen LogP contribution in [0.15, 0.2) is 40.0 Å². The topological polar surface area (TPSA) is 51.8 Å². The van der Waals surface area contributed by atoms with Crippen LogP contribution in [-0.2, 0) is 5.75 Å². The van der Waals surface area contributed by atoms with Crippen molar-refractivity contribution >= 4 is 23.1 Å². The van der Waals surface area contributed by atoms with E-state index in [0.29, 0.717) is 5.22 Å². The third kappa shape index (κ3) is 2.91. The predicted molar refractivity (Wildman–Crippen MR) is 80.9 cm³/mol. The van der Waals surface area contributed by atoms with Crippen molar-refractivity contribution in [2.45, 2.75) is 24.8 Å². The van der Waals surface area contributed by atoms with Crippen molar-refractivity contribution in [1.29, 1.82) is 0 Å². The molecule has 0 amide bonds. The molecule has 0 atom stereocenters. The summed E-state index contributed by atoms with van der Waals surface area (Å²) in [5, 5.41) is 11.1. The van der Waals surface area contributed by atoms with Gasteiger partial charge < -0.3 is 4.42 Å². The maximum absolute atomic E-state index is 5.54. The third-order valence-electron chi connectivity index (χ3n) is 2.82. The highest BCUT2D eigenvalue weighted by Gasteiger charge is 2.10. The van der Waals surface area contributed by atoms with Crippen LogP contribution in [0.25, 0.3) is 10.6 Å². The Hall–Kier alpha value is -1.66. The highest BCUT2D eigenvalue weighted by Crippen LogP contribution is 2.28. The molecule has 0 spiro atoms. The minimum Gasteiger partial charge on any atom is -0.437 e. The van der Waals surface area contributed by atoms with Crippen molar-refractivity contribution in [3.8, 4) is 10.6 Å². The summed E-state index contributed by atoms with van der Waals surface area (Å²) in [4.78, 5) is 4.34. The molecule has 0 fully saturated rings. The number of hydrogen-bond acceptors (Lipinski definition) is 6. The highest BCUT2D eigenvalue weighted by atomic mass is 32.2. The number of thioether (sulfide) groups is 1. The smallest absolute Gasteiger partial charge is 0.256 e. The molecule has 3 rings (SSSR count). The van der Waals surface area contributed by atoms with E-state index in [1.165, 1.54) is 0 Å². The zero-order valence-corrected chi connectivity index (χ0v) is 12.8. The van der Waals surface area contributed by atoms with Gasteiger partial charge in [-0.05, 0) is 13.8 Å². The molecule has 0 aliphatic carbocycles. The lowest BCUT2D eigenvalue weighted by atomic mass is 10.2. The van der Waals surface area contributed by atoms with Gasteiger partial charge in [-0.2, -0.15) is 0 Å². The summed E-state index contributed by atoms with van der Waals surface area (Å²) < 4.78 is 5.54. The molecule has 2 heterocycles. The third-order valence-corrected chi connectivity index (χ3v) is 4.81. The Morgan fingerprint density at radius 2 is 1.95 bits per heavy atom. The van der Waals surface area contributed by atoms with Crippen LogP contribution in [0.1, 0.15) is 16.5 Å². The first-order chi connectivity index (χ1) is 9.72. The SMILES string of the molecule is Cc1nc(SCc2nnc(-c3ccccc3)s2)oc1C. The van der Waals surface area contributed by atoms with Crippen molar-refractivity contribution in [2.24, 2.45) is 0 Å². The summed E-state index contributed by atoms with van der Waals surface area (Å²) >= 11 is 3.15. The van der Waals surface area contributed by atoms with E-state index >= 15 is 0 Å². The van der Waals surface area contributed by atoms with Crippen LogP contribution in [0.5, 0.6) is 0 Å². The number of nitrogens with zero attached hydrogens (tertiary/aromatic N) is 3. The van der Waals surface area contributed by atoms with Crippen LogP contribution in [0, 0.1) is 13.8 Å². The van der Waals surface area contributed by atoms with E-state index in [4.69, 9.17) is 4.42 Å². The van der Waals surface area contributed by atoms with E-state index in [2.05, 4.69) is 15.2 Å². The molecule has 0 aliphatic heterocycles. The molecular formula is C14H13N3OS2. The fourth-order valence-electron chi connectivity index (χ4n) is 1.64. The van der Waals surface area contributed by atoms with E-state index in [0.717, 1.165) is 32.8 Å². The molecule has 6 heteroatoms. The molecule has 0 radical (unpaired) electrons. The first-order valence-electron chi connectivity index (χ1n) is 6.17. The molecule has 0 N–H and O–H groups in total. The fourth-order valence-corrected chi connectivity index (χ4v) is 3.38. The molecular weight excluding hydrogens is 290 g/mol. The van der Waals surface area contributed by atoms with Gasteiger partial charge in [-0.1, -0.05) is 53.4 Å². The standard InChI is InChI=1S/C14H13N3OS2/c1-9-10(2)18-14(15-9)19-8-12-16-17-13(20-12)11-6-4-3-5-7-11/h3-7H,8H2,1-2H3. The Labute approximate surface area is 125 Å². The Balaban J connectivity index is 1.69. The normalized spacial score (nSPS) is 10.9. The van der Waals surface area contributed by atoms with Gasteiger partial charge >= 0.3 is 0 Å². The Bertz CT molecular complexity index is 687. The van der Waals surface area contributed by atoms with Gasteiger partial charge in [0.2, 0.25) is 0 Å². The average Bonchev–Trinajstić information content (AvgIpc) is 3.05. The minimum absolute atomic E-state index is 0.691. The first-order valence-corrected chi connectivity index (χ1v) is 7.97. The van der Waals surface area contributed by atoms with Crippen LogP contribution in [0.2, 0.25) is 0 Å². The van der Waals surface area contributed by atoms with E-state index in [1.807, 2.05) is 44.2 Å². The number of hydrogen-bond donors (Lipinski definition) is 0. The van der Waals surface area contributed by atoms with Crippen LogP contribution < -0.4 is 0 Å². The molecule has 3 aromatic rings. The molecule has 0 aliphatic rings. The molecule has 20 heavy (non-hydrogen) atoms. The summed E-state index contributed by atoms with van der Waals surface area (Å²) in [7, 11) is 0. The van der Waals surface area contributed by atoms with Gasteiger partial charge in [-0.15, -0.1) is 10.2 Å². The van der Waals surface area contributed by atoms with Crippen LogP contribution in [0.3, 0.4) is 0 Å². The van der Waals surface area contributed by atoms with Gasteiger partial charge in [0.05, 0.1) is 11.4 Å². The summed E-state index contributed by atoms with van der Waals surface area (Å²) in [6.07, 6.45) is 0. The Morgan fingerprint density at radius 3 is 2.65 bits per heavy atom. The number of aryl methyl sites for hydroxylation is 2. The average molecular weight is 303 g/mol. The molecule has 0 saturated carbocycles. The lowest BCUT2D eigenvalue weighted by Gasteiger charge is -1.92. The van der Waals surface area contributed by atoms with Gasteiger partial charge in [0.15, 0.2) is 0 Å². The van der Waals surface area contributed by atoms with Gasteiger partial charge in [0.25, 0.3) is 5.22 Å². The van der Waals surface area contributed by atoms with E-state index in [9.17, 15) is 0 Å². The molecule has 0 unspecified atom stereocenters. The largest absolute Gasteiger partial charge is 0.437 e. The van der Waals surface area contributed by atoms with Crippen LogP contribution in [-0.4, -0.2) is 15.2 Å². The van der Waals surface area contributed by atoms with E-state index in [-0.39, 0.29) is 0 Å². The van der Waals surface area contributed by atoms with Gasteiger partial charge in [0.1, 0.15) is 15.8 Å². The van der Waals surface area contributed by atoms with E-state index < -0.39 is 0 Å². The zero-order chi connectivity index (χ0) is 13.9. The van der Waals surface area contributed by atoms with Crippen molar-refractivity contribution in [2.75, 3.05) is 0 Å². The van der Waals surface area contributed by atoms with Crippen LogP contribution in [0.4, 0.5) is 0 Å². The second-order valence-corrected chi connectivity index (χ2v) is 6.27. The lowest BCUT2D eigenvalue weighted by molar-refractivity contribution is 0.431. The Kier molecular flexibility index (Phi) is 3.84. The van der Waals surface area contributed by atoms with Crippen LogP contribution >= 0.6 is 23.1 Å². The second kappa shape index (κ2) is 5.76. The predicted octanol–water partition coefficient (Wildman–Crippen LogP) is 4.10. The second-order valence-electron chi connectivity index (χ2n) is 4.28. The summed E-state index contributed by atoms with van der Waals surface area (Å²) in [6.45, 7) is 3.87. The van der Waals surface area contributed by atoms with Gasteiger partial charge in [0, 0.05) is 5.56 Å². The summed E-state index contributed by atoms with van der Waals surface area (Å²) in [5.41, 5.74) is 2.04. The van der Waals surface area contributed by atoms with Crippen molar-refractivity contribution < 1.29 is 4.42 Å². The van der Waals surface area contributed by atoms with Crippen molar-refractivity contribution in [1.82, 2.24) is 15.2 Å². The maximum atomic E-state index is 5.54. The van der Waals surface area contributed by atoms with E-state index in [1.54, 1.807) is 23.1 Å². The molecule has 102 valence electrons. The number of rotatable bonds is 4. The van der Waals surface area contributed by atoms with Crippen molar-refractivity contribution in [3.63, 3.8) is 0 Å². The monoisotopic (exact) mass is 303 g/mol. The van der Waals surface area contributed by atoms with Crippen molar-refractivity contribution in [3.05, 3.63) is 46.8 Å². The first kappa shape index (κ1) is 13.3. The molecule has 0 bridgehead atoms. The lowest BCUT2D eigenvalue weighted by Crippen LogP contribution is -1.79. The Morgan fingerprint density at radius 1 is 1.15 bits per heavy atom. The van der Waals surface area contributed by atoms with Gasteiger partial charge in [-0.25, -0.2) is 4.98 Å². The molecule has 0 saturated heterocycles. The number of benzene rings is 1. The zero-order valence-electron chi connectivity index (χ0n) is 11.2.